The first-order valence-corrected chi connectivity index (χ1v) is 12.8. The van der Waals surface area contributed by atoms with Crippen LogP contribution >= 0.6 is 23.2 Å². The molecule has 0 N–H and O–H groups in total. The Balaban J connectivity index is 1.73. The lowest BCUT2D eigenvalue weighted by molar-refractivity contribution is 0.0971. The number of unbranched alkanes of at least 4 members (excludes halogenated alkanes) is 1. The number of carbonyl (C=O) groups excluding carboxylic acids is 1. The maximum Gasteiger partial charge on any atom is 0.295 e. The molecule has 4 aromatic rings. The van der Waals surface area contributed by atoms with Crippen LogP contribution in [0.2, 0.25) is 10.0 Å². The second-order valence-corrected chi connectivity index (χ2v) is 9.78. The van der Waals surface area contributed by atoms with Crippen molar-refractivity contribution >= 4 is 45.8 Å². The quantitative estimate of drug-likeness (QED) is 0.230. The van der Waals surface area contributed by atoms with E-state index >= 15 is 0 Å². The molecule has 0 aliphatic carbocycles. The van der Waals surface area contributed by atoms with Crippen molar-refractivity contribution in [2.75, 3.05) is 18.6 Å². The topological polar surface area (TPSA) is 69.0 Å². The molecular weight excluding hydrogens is 513 g/mol. The summed E-state index contributed by atoms with van der Waals surface area (Å²) in [5.41, 5.74) is 2.29. The first-order valence-electron chi connectivity index (χ1n) is 12.0. The van der Waals surface area contributed by atoms with E-state index in [9.17, 15) is 9.59 Å². The molecule has 1 amide bonds. The molecule has 1 aliphatic heterocycles. The Bertz CT molecular complexity index is 1580. The summed E-state index contributed by atoms with van der Waals surface area (Å²) in [7, 11) is 1.56. The fraction of sp³-hybridized carbons (Fsp3) is 0.241. The van der Waals surface area contributed by atoms with E-state index in [0.717, 1.165) is 18.4 Å². The van der Waals surface area contributed by atoms with Crippen molar-refractivity contribution in [3.05, 3.63) is 97.3 Å². The molecule has 0 fully saturated rings. The van der Waals surface area contributed by atoms with E-state index in [2.05, 4.69) is 6.92 Å². The predicted octanol–water partition coefficient (Wildman–Crippen LogP) is 7.35. The number of fused-ring (bicyclic) bond motifs is 2. The third-order valence-electron chi connectivity index (χ3n) is 6.52. The monoisotopic (exact) mass is 537 g/mol. The summed E-state index contributed by atoms with van der Waals surface area (Å²) >= 11 is 12.6. The van der Waals surface area contributed by atoms with Crippen LogP contribution < -0.4 is 19.8 Å². The molecule has 0 saturated carbocycles. The lowest BCUT2D eigenvalue weighted by Crippen LogP contribution is -2.29. The van der Waals surface area contributed by atoms with Gasteiger partial charge >= 0.3 is 0 Å². The molecule has 8 heteroatoms. The standard InChI is InChI=1S/C29H25Cl2NO5/c1-4-5-12-36-23-10-7-17(13-24(23)35-3)26-25-27(33)20-14-18(30)8-11-22(20)37-28(25)29(34)32(26)19-9-6-16(2)21(31)15-19/h6-11,13-15,26H,4-5,12H2,1-3H3. The molecule has 190 valence electrons. The zero-order chi connectivity index (χ0) is 26.3. The zero-order valence-electron chi connectivity index (χ0n) is 20.6. The number of aryl methyl sites for hydroxylation is 1. The first-order chi connectivity index (χ1) is 17.8. The molecule has 1 aromatic heterocycles. The van der Waals surface area contributed by atoms with Gasteiger partial charge in [0.2, 0.25) is 5.76 Å². The van der Waals surface area contributed by atoms with E-state index in [1.165, 1.54) is 4.90 Å². The number of hydrogen-bond acceptors (Lipinski definition) is 5. The van der Waals surface area contributed by atoms with Crippen molar-refractivity contribution in [2.45, 2.75) is 32.7 Å². The second kappa shape index (κ2) is 10.1. The SMILES string of the molecule is CCCCOc1ccc(C2c3c(oc4ccc(Cl)cc4c3=O)C(=O)N2c2ccc(C)c(Cl)c2)cc1OC. The van der Waals surface area contributed by atoms with Gasteiger partial charge in [-0.15, -0.1) is 0 Å². The smallest absolute Gasteiger partial charge is 0.295 e. The fourth-order valence-corrected chi connectivity index (χ4v) is 4.91. The van der Waals surface area contributed by atoms with Crippen LogP contribution in [0.4, 0.5) is 5.69 Å². The van der Waals surface area contributed by atoms with Crippen LogP contribution in [0.25, 0.3) is 11.0 Å². The first kappa shape index (κ1) is 25.2. The Hall–Kier alpha value is -3.48. The number of anilines is 1. The maximum atomic E-state index is 13.8. The van der Waals surface area contributed by atoms with Crippen LogP contribution in [0.1, 0.15) is 53.1 Å². The zero-order valence-corrected chi connectivity index (χ0v) is 22.2. The van der Waals surface area contributed by atoms with E-state index < -0.39 is 11.9 Å². The molecule has 6 nitrogen and oxygen atoms in total. The van der Waals surface area contributed by atoms with Crippen LogP contribution in [0, 0.1) is 6.92 Å². The molecule has 2 heterocycles. The Labute approximate surface area is 224 Å². The third-order valence-corrected chi connectivity index (χ3v) is 7.17. The van der Waals surface area contributed by atoms with Gasteiger partial charge in [0.15, 0.2) is 16.9 Å². The van der Waals surface area contributed by atoms with Gasteiger partial charge in [0, 0.05) is 15.7 Å². The van der Waals surface area contributed by atoms with Gasteiger partial charge in [-0.05, 0) is 66.9 Å². The fourth-order valence-electron chi connectivity index (χ4n) is 4.56. The Kier molecular flexibility index (Phi) is 6.88. The molecule has 3 aromatic carbocycles. The predicted molar refractivity (Wildman–Crippen MR) is 146 cm³/mol. The van der Waals surface area contributed by atoms with E-state index in [1.807, 2.05) is 19.1 Å². The van der Waals surface area contributed by atoms with Crippen molar-refractivity contribution in [3.63, 3.8) is 0 Å². The molecule has 1 aliphatic rings. The van der Waals surface area contributed by atoms with Gasteiger partial charge in [-0.2, -0.15) is 0 Å². The highest BCUT2D eigenvalue weighted by atomic mass is 35.5. The number of amides is 1. The molecule has 5 rings (SSSR count). The van der Waals surface area contributed by atoms with Crippen LogP contribution in [-0.2, 0) is 0 Å². The molecule has 0 radical (unpaired) electrons. The van der Waals surface area contributed by atoms with Gasteiger partial charge < -0.3 is 13.9 Å². The van der Waals surface area contributed by atoms with E-state index in [-0.39, 0.29) is 16.8 Å². The van der Waals surface area contributed by atoms with E-state index in [0.29, 0.717) is 50.4 Å². The summed E-state index contributed by atoms with van der Waals surface area (Å²) in [6, 6.07) is 14.8. The number of halogens is 2. The maximum absolute atomic E-state index is 13.8. The highest BCUT2D eigenvalue weighted by Gasteiger charge is 2.44. The Morgan fingerprint density at radius 2 is 1.81 bits per heavy atom. The van der Waals surface area contributed by atoms with Crippen molar-refractivity contribution < 1.29 is 18.7 Å². The normalized spacial score (nSPS) is 14.8. The second-order valence-electron chi connectivity index (χ2n) is 8.94. The summed E-state index contributed by atoms with van der Waals surface area (Å²) in [6.45, 7) is 4.53. The highest BCUT2D eigenvalue weighted by molar-refractivity contribution is 6.32. The summed E-state index contributed by atoms with van der Waals surface area (Å²) in [5, 5.41) is 1.21. The number of nitrogens with zero attached hydrogens (tertiary/aromatic N) is 1. The largest absolute Gasteiger partial charge is 0.493 e. The van der Waals surface area contributed by atoms with Crippen molar-refractivity contribution in [1.29, 1.82) is 0 Å². The van der Waals surface area contributed by atoms with Crippen molar-refractivity contribution in [3.8, 4) is 11.5 Å². The molecule has 0 bridgehead atoms. The lowest BCUT2D eigenvalue weighted by atomic mass is 9.97. The average Bonchev–Trinajstić information content (AvgIpc) is 3.19. The van der Waals surface area contributed by atoms with Gasteiger partial charge in [-0.3, -0.25) is 14.5 Å². The Morgan fingerprint density at radius 3 is 2.54 bits per heavy atom. The van der Waals surface area contributed by atoms with Crippen LogP contribution in [-0.4, -0.2) is 19.6 Å². The van der Waals surface area contributed by atoms with Gasteiger partial charge in [-0.1, -0.05) is 48.7 Å². The van der Waals surface area contributed by atoms with Gasteiger partial charge in [0.25, 0.3) is 5.91 Å². The Morgan fingerprint density at radius 1 is 1.00 bits per heavy atom. The molecular formula is C29H25Cl2NO5. The van der Waals surface area contributed by atoms with E-state index in [1.54, 1.807) is 49.6 Å². The van der Waals surface area contributed by atoms with Crippen LogP contribution in [0.15, 0.2) is 63.8 Å². The summed E-state index contributed by atoms with van der Waals surface area (Å²) < 4.78 is 17.5. The van der Waals surface area contributed by atoms with Gasteiger partial charge in [0.05, 0.1) is 30.7 Å². The molecule has 1 atom stereocenters. The van der Waals surface area contributed by atoms with Crippen molar-refractivity contribution in [2.24, 2.45) is 0 Å². The minimum absolute atomic E-state index is 0.0104. The highest BCUT2D eigenvalue weighted by Crippen LogP contribution is 2.44. The summed E-state index contributed by atoms with van der Waals surface area (Å²) in [5.74, 6) is 0.649. The number of ether oxygens (including phenoxy) is 2. The number of rotatable bonds is 7. The number of carbonyl (C=O) groups is 1. The van der Waals surface area contributed by atoms with Gasteiger partial charge in [-0.25, -0.2) is 0 Å². The number of methoxy groups -OCH3 is 1. The van der Waals surface area contributed by atoms with Crippen LogP contribution in [0.3, 0.4) is 0 Å². The van der Waals surface area contributed by atoms with Crippen LogP contribution in [0.5, 0.6) is 11.5 Å². The number of hydrogen-bond donors (Lipinski definition) is 0. The minimum Gasteiger partial charge on any atom is -0.493 e. The minimum atomic E-state index is -0.778. The summed E-state index contributed by atoms with van der Waals surface area (Å²) in [4.78, 5) is 29.2. The lowest BCUT2D eigenvalue weighted by Gasteiger charge is -2.26. The average molecular weight is 538 g/mol. The van der Waals surface area contributed by atoms with Crippen molar-refractivity contribution in [1.82, 2.24) is 0 Å². The number of benzene rings is 3. The molecule has 0 spiro atoms. The van der Waals surface area contributed by atoms with E-state index in [4.69, 9.17) is 37.1 Å². The summed E-state index contributed by atoms with van der Waals surface area (Å²) in [6.07, 6.45) is 1.91. The third kappa shape index (κ3) is 4.45. The van der Waals surface area contributed by atoms with Gasteiger partial charge in [0.1, 0.15) is 5.58 Å². The molecule has 1 unspecified atom stereocenters. The molecule has 0 saturated heterocycles. The molecule has 37 heavy (non-hydrogen) atoms.